The van der Waals surface area contributed by atoms with Gasteiger partial charge in [-0.2, -0.15) is 4.31 Å². The molecule has 1 N–H and O–H groups in total. The molecule has 0 aromatic heterocycles. The number of sulfonamides is 1. The summed E-state index contributed by atoms with van der Waals surface area (Å²) in [7, 11) is -3.50. The maximum atomic E-state index is 12.8. The monoisotopic (exact) mass is 450 g/mol. The van der Waals surface area contributed by atoms with Crippen molar-refractivity contribution in [3.8, 4) is 0 Å². The maximum absolute atomic E-state index is 12.8. The number of amides is 1. The molecule has 2 fully saturated rings. The van der Waals surface area contributed by atoms with Gasteiger partial charge in [0.15, 0.2) is 6.61 Å². The average molecular weight is 451 g/mol. The molecule has 31 heavy (non-hydrogen) atoms. The Hall–Kier alpha value is -2.23. The highest BCUT2D eigenvalue weighted by molar-refractivity contribution is 7.89. The van der Waals surface area contributed by atoms with Crippen LogP contribution in [0.25, 0.3) is 6.08 Å². The third kappa shape index (κ3) is 7.15. The Morgan fingerprint density at radius 3 is 2.45 bits per heavy atom. The van der Waals surface area contributed by atoms with Gasteiger partial charge in [0.25, 0.3) is 5.91 Å². The molecule has 9 heteroatoms. The smallest absolute Gasteiger partial charge is 0.331 e. The van der Waals surface area contributed by atoms with Crippen LogP contribution in [-0.2, 0) is 29.1 Å². The number of carbonyl (C=O) groups excluding carboxylic acids is 2. The molecule has 0 saturated carbocycles. The Labute approximate surface area is 183 Å². The van der Waals surface area contributed by atoms with E-state index in [-0.39, 0.29) is 23.5 Å². The van der Waals surface area contributed by atoms with Crippen molar-refractivity contribution in [1.29, 1.82) is 0 Å². The first-order valence-corrected chi connectivity index (χ1v) is 12.2. The van der Waals surface area contributed by atoms with E-state index >= 15 is 0 Å². The zero-order valence-corrected chi connectivity index (χ0v) is 18.4. The first kappa shape index (κ1) is 23.4. The summed E-state index contributed by atoms with van der Waals surface area (Å²) in [5, 5.41) is 2.68. The van der Waals surface area contributed by atoms with Crippen LogP contribution in [0.4, 0.5) is 0 Å². The Morgan fingerprint density at radius 2 is 1.81 bits per heavy atom. The van der Waals surface area contributed by atoms with Crippen LogP contribution in [0.2, 0.25) is 0 Å². The quantitative estimate of drug-likeness (QED) is 0.481. The van der Waals surface area contributed by atoms with E-state index in [2.05, 4.69) is 5.32 Å². The van der Waals surface area contributed by atoms with E-state index in [0.29, 0.717) is 31.8 Å². The fourth-order valence-corrected chi connectivity index (χ4v) is 5.13. The van der Waals surface area contributed by atoms with Gasteiger partial charge in [-0.05, 0) is 49.5 Å². The largest absolute Gasteiger partial charge is 0.452 e. The average Bonchev–Trinajstić information content (AvgIpc) is 3.14. The molecule has 1 aromatic rings. The second-order valence-corrected chi connectivity index (χ2v) is 9.71. The van der Waals surface area contributed by atoms with Crippen molar-refractivity contribution in [2.75, 3.05) is 32.8 Å². The summed E-state index contributed by atoms with van der Waals surface area (Å²) in [5.74, 6) is -1.02. The highest BCUT2D eigenvalue weighted by atomic mass is 32.2. The number of ether oxygens (including phenoxy) is 2. The van der Waals surface area contributed by atoms with Crippen LogP contribution in [0.15, 0.2) is 35.2 Å². The minimum Gasteiger partial charge on any atom is -0.452 e. The van der Waals surface area contributed by atoms with Gasteiger partial charge in [0.2, 0.25) is 10.0 Å². The minimum absolute atomic E-state index is 0.0330. The molecule has 1 aromatic carbocycles. The molecule has 1 amide bonds. The standard InChI is InChI=1S/C22H30N2O6S/c25-21(23-16-19-6-5-15-29-19)17-30-22(26)12-9-18-7-10-20(11-8-18)31(27,28)24-13-3-1-2-4-14-24/h7-12,19H,1-6,13-17H2,(H,23,25)/b12-9+/t19-/m1/s1. The van der Waals surface area contributed by atoms with Gasteiger partial charge >= 0.3 is 5.97 Å². The molecule has 0 bridgehead atoms. The topological polar surface area (TPSA) is 102 Å². The normalized spacial score (nSPS) is 20.5. The number of benzene rings is 1. The molecular formula is C22H30N2O6S. The van der Waals surface area contributed by atoms with Gasteiger partial charge in [-0.1, -0.05) is 25.0 Å². The highest BCUT2D eigenvalue weighted by Gasteiger charge is 2.24. The van der Waals surface area contributed by atoms with Gasteiger partial charge < -0.3 is 14.8 Å². The van der Waals surface area contributed by atoms with Gasteiger partial charge in [-0.25, -0.2) is 13.2 Å². The molecular weight excluding hydrogens is 420 g/mol. The second kappa shape index (κ2) is 11.4. The molecule has 2 saturated heterocycles. The summed E-state index contributed by atoms with van der Waals surface area (Å²) in [4.78, 5) is 23.8. The van der Waals surface area contributed by atoms with Gasteiger partial charge in [0, 0.05) is 32.3 Å². The molecule has 2 aliphatic heterocycles. The maximum Gasteiger partial charge on any atom is 0.331 e. The summed E-state index contributed by atoms with van der Waals surface area (Å²) in [6.45, 7) is 1.88. The zero-order valence-electron chi connectivity index (χ0n) is 17.6. The van der Waals surface area contributed by atoms with Crippen LogP contribution in [0.5, 0.6) is 0 Å². The SMILES string of the molecule is O=C(COC(=O)/C=C/c1ccc(S(=O)(=O)N2CCCCCC2)cc1)NC[C@H]1CCCO1. The molecule has 170 valence electrons. The van der Waals surface area contributed by atoms with Crippen molar-refractivity contribution >= 4 is 28.0 Å². The minimum atomic E-state index is -3.50. The summed E-state index contributed by atoms with van der Waals surface area (Å²) < 4.78 is 37.5. The summed E-state index contributed by atoms with van der Waals surface area (Å²) in [6.07, 6.45) is 8.56. The van der Waals surface area contributed by atoms with Crippen LogP contribution in [0, 0.1) is 0 Å². The first-order chi connectivity index (χ1) is 14.9. The Kier molecular flexibility index (Phi) is 8.62. The summed E-state index contributed by atoms with van der Waals surface area (Å²) in [5.41, 5.74) is 0.662. The molecule has 3 rings (SSSR count). The second-order valence-electron chi connectivity index (χ2n) is 7.77. The molecule has 0 spiro atoms. The predicted molar refractivity (Wildman–Crippen MR) is 116 cm³/mol. The number of hydrogen-bond acceptors (Lipinski definition) is 6. The van der Waals surface area contributed by atoms with Crippen molar-refractivity contribution in [3.05, 3.63) is 35.9 Å². The highest BCUT2D eigenvalue weighted by Crippen LogP contribution is 2.21. The van der Waals surface area contributed by atoms with E-state index < -0.39 is 16.0 Å². The van der Waals surface area contributed by atoms with Crippen molar-refractivity contribution in [1.82, 2.24) is 9.62 Å². The molecule has 0 unspecified atom stereocenters. The fraction of sp³-hybridized carbons (Fsp3) is 0.545. The van der Waals surface area contributed by atoms with Gasteiger partial charge in [0.05, 0.1) is 11.0 Å². The number of nitrogens with one attached hydrogen (secondary N) is 1. The van der Waals surface area contributed by atoms with E-state index in [1.807, 2.05) is 0 Å². The lowest BCUT2D eigenvalue weighted by atomic mass is 10.2. The molecule has 2 aliphatic rings. The number of carbonyl (C=O) groups is 2. The lowest BCUT2D eigenvalue weighted by molar-refractivity contribution is -0.143. The molecule has 2 heterocycles. The third-order valence-electron chi connectivity index (χ3n) is 5.39. The van der Waals surface area contributed by atoms with E-state index in [9.17, 15) is 18.0 Å². The van der Waals surface area contributed by atoms with Gasteiger partial charge in [0.1, 0.15) is 0 Å². The lowest BCUT2D eigenvalue weighted by Gasteiger charge is -2.19. The predicted octanol–water partition coefficient (Wildman–Crippen LogP) is 2.10. The molecule has 1 atom stereocenters. The van der Waals surface area contributed by atoms with Gasteiger partial charge in [-0.15, -0.1) is 0 Å². The first-order valence-electron chi connectivity index (χ1n) is 10.8. The van der Waals surface area contributed by atoms with Crippen LogP contribution in [0.3, 0.4) is 0 Å². The van der Waals surface area contributed by atoms with Crippen molar-refractivity contribution in [3.63, 3.8) is 0 Å². The third-order valence-corrected chi connectivity index (χ3v) is 7.30. The number of nitrogens with zero attached hydrogens (tertiary/aromatic N) is 1. The van der Waals surface area contributed by atoms with Crippen molar-refractivity contribution in [2.24, 2.45) is 0 Å². The fourth-order valence-electron chi connectivity index (χ4n) is 3.62. The van der Waals surface area contributed by atoms with Crippen LogP contribution < -0.4 is 5.32 Å². The van der Waals surface area contributed by atoms with Gasteiger partial charge in [-0.3, -0.25) is 4.79 Å². The van der Waals surface area contributed by atoms with Crippen molar-refractivity contribution in [2.45, 2.75) is 49.5 Å². The molecule has 0 radical (unpaired) electrons. The van der Waals surface area contributed by atoms with E-state index in [4.69, 9.17) is 9.47 Å². The summed E-state index contributed by atoms with van der Waals surface area (Å²) >= 11 is 0. The lowest BCUT2D eigenvalue weighted by Crippen LogP contribution is -2.34. The van der Waals surface area contributed by atoms with E-state index in [1.54, 1.807) is 28.6 Å². The Balaban J connectivity index is 1.46. The van der Waals surface area contributed by atoms with Crippen LogP contribution in [-0.4, -0.2) is 63.6 Å². The van der Waals surface area contributed by atoms with Crippen LogP contribution >= 0.6 is 0 Å². The number of hydrogen-bond donors (Lipinski definition) is 1. The van der Waals surface area contributed by atoms with E-state index in [1.165, 1.54) is 12.2 Å². The molecule has 8 nitrogen and oxygen atoms in total. The zero-order chi connectivity index (χ0) is 22.1. The Morgan fingerprint density at radius 1 is 1.10 bits per heavy atom. The summed E-state index contributed by atoms with van der Waals surface area (Å²) in [6, 6.07) is 6.37. The van der Waals surface area contributed by atoms with Crippen LogP contribution in [0.1, 0.15) is 44.1 Å². The number of rotatable bonds is 8. The van der Waals surface area contributed by atoms with Crippen molar-refractivity contribution < 1.29 is 27.5 Å². The Bertz CT molecular complexity index is 868. The van der Waals surface area contributed by atoms with E-state index in [0.717, 1.165) is 38.5 Å². The number of esters is 1. The molecule has 0 aliphatic carbocycles.